The molecule has 0 aliphatic rings. The van der Waals surface area contributed by atoms with E-state index in [4.69, 9.17) is 4.55 Å². The smallest absolute Gasteiger partial charge is 0.461 e. The molecule has 1 atom stereocenters. The number of unbranched alkanes of at least 4 members (excludes halogenated alkanes) is 1. The third-order valence-electron chi connectivity index (χ3n) is 3.32. The molecule has 8 nitrogen and oxygen atoms in total. The Labute approximate surface area is 169 Å². The van der Waals surface area contributed by atoms with Gasteiger partial charge in [-0.2, -0.15) is 43.5 Å². The molecule has 0 radical (unpaired) electrons. The highest BCUT2D eigenvalue weighted by Gasteiger charge is 2.68. The summed E-state index contributed by atoms with van der Waals surface area (Å²) in [6, 6.07) is 0. The normalized spacial score (nSPS) is 15.2. The van der Waals surface area contributed by atoms with Crippen molar-refractivity contribution in [2.45, 2.75) is 49.3 Å². The average Bonchev–Trinajstić information content (AvgIpc) is 2.57. The van der Waals surface area contributed by atoms with Crippen molar-refractivity contribution in [3.05, 3.63) is 12.4 Å². The van der Waals surface area contributed by atoms with Crippen LogP contribution in [0.2, 0.25) is 0 Å². The van der Waals surface area contributed by atoms with Gasteiger partial charge in [0, 0.05) is 6.42 Å². The summed E-state index contributed by atoms with van der Waals surface area (Å²) in [6.07, 6.45) is -9.86. The van der Waals surface area contributed by atoms with E-state index in [1.165, 1.54) is 0 Å². The molecule has 0 aromatic rings. The molecule has 17 heteroatoms. The molecule has 1 N–H and O–H groups in total. The second-order valence-corrected chi connectivity index (χ2v) is 7.09. The highest BCUT2D eigenvalue weighted by Crippen LogP contribution is 2.42. The monoisotopic (exact) mass is 496 g/mol. The van der Waals surface area contributed by atoms with Crippen LogP contribution < -0.4 is 0 Å². The predicted molar refractivity (Wildman–Crippen MR) is 83.0 cm³/mol. The molecule has 0 bridgehead atoms. The first-order valence-corrected chi connectivity index (χ1v) is 9.39. The van der Waals surface area contributed by atoms with E-state index >= 15 is 0 Å². The molecule has 0 spiro atoms. The summed E-state index contributed by atoms with van der Waals surface area (Å²) in [5.41, 5.74) is 0. The standard InChI is InChI=1S/C14H16F8O8S/c1-3-28-10(24)12(13(18,19)20,30-9(23)8(2)15)29-7-5-4-6-11(16,17)14(21,22)31(25,26)27/h2-7H2,1H3,(H,25,26,27). The van der Waals surface area contributed by atoms with Gasteiger partial charge in [0.1, 0.15) is 0 Å². The summed E-state index contributed by atoms with van der Waals surface area (Å²) < 4.78 is 147. The van der Waals surface area contributed by atoms with E-state index in [0.29, 0.717) is 0 Å². The molecule has 0 heterocycles. The Morgan fingerprint density at radius 1 is 1.03 bits per heavy atom. The summed E-state index contributed by atoms with van der Waals surface area (Å²) in [5, 5.41) is -5.89. The van der Waals surface area contributed by atoms with Gasteiger partial charge >= 0.3 is 45.2 Å². The number of hydrogen-bond acceptors (Lipinski definition) is 7. The molecular formula is C14H16F8O8S. The predicted octanol–water partition coefficient (Wildman–Crippen LogP) is 3.14. The molecule has 0 aromatic heterocycles. The quantitative estimate of drug-likeness (QED) is 0.109. The molecular weight excluding hydrogens is 480 g/mol. The van der Waals surface area contributed by atoms with Gasteiger partial charge < -0.3 is 14.2 Å². The van der Waals surface area contributed by atoms with Gasteiger partial charge in [-0.15, -0.1) is 0 Å². The molecule has 0 saturated heterocycles. The van der Waals surface area contributed by atoms with Crippen molar-refractivity contribution in [1.29, 1.82) is 0 Å². The second-order valence-electron chi connectivity index (χ2n) is 5.63. The number of esters is 2. The third kappa shape index (κ3) is 6.73. The lowest BCUT2D eigenvalue weighted by Gasteiger charge is -2.32. The number of carbonyl (C=O) groups is 2. The Hall–Kier alpha value is -2.01. The van der Waals surface area contributed by atoms with Gasteiger partial charge in [0.2, 0.25) is 5.83 Å². The topological polar surface area (TPSA) is 116 Å². The van der Waals surface area contributed by atoms with Crippen LogP contribution in [0.4, 0.5) is 35.1 Å². The van der Waals surface area contributed by atoms with E-state index in [1.807, 2.05) is 0 Å². The average molecular weight is 496 g/mol. The summed E-state index contributed by atoms with van der Waals surface area (Å²) >= 11 is 0. The van der Waals surface area contributed by atoms with Crippen LogP contribution in [0.1, 0.15) is 26.2 Å². The van der Waals surface area contributed by atoms with Crippen molar-refractivity contribution in [2.75, 3.05) is 13.2 Å². The Morgan fingerprint density at radius 2 is 1.55 bits per heavy atom. The molecule has 0 aliphatic carbocycles. The maximum atomic E-state index is 13.4. The van der Waals surface area contributed by atoms with E-state index in [2.05, 4.69) is 20.8 Å². The molecule has 0 aliphatic heterocycles. The van der Waals surface area contributed by atoms with Crippen LogP contribution >= 0.6 is 0 Å². The lowest BCUT2D eigenvalue weighted by molar-refractivity contribution is -0.355. The zero-order chi connectivity index (χ0) is 24.9. The van der Waals surface area contributed by atoms with Crippen molar-refractivity contribution in [3.63, 3.8) is 0 Å². The maximum absolute atomic E-state index is 13.4. The largest absolute Gasteiger partial charge is 0.468 e. The number of hydrogen-bond donors (Lipinski definition) is 1. The molecule has 0 amide bonds. The van der Waals surface area contributed by atoms with Gasteiger partial charge in [0.05, 0.1) is 13.2 Å². The first-order valence-electron chi connectivity index (χ1n) is 7.95. The van der Waals surface area contributed by atoms with E-state index in [1.54, 1.807) is 0 Å². The maximum Gasteiger partial charge on any atom is 0.468 e. The van der Waals surface area contributed by atoms with Gasteiger partial charge in [0.25, 0.3) is 0 Å². The second kappa shape index (κ2) is 10.1. The fraction of sp³-hybridized carbons (Fsp3) is 0.714. The highest BCUT2D eigenvalue weighted by atomic mass is 32.2. The fourth-order valence-corrected chi connectivity index (χ4v) is 2.28. The van der Waals surface area contributed by atoms with Crippen molar-refractivity contribution < 1.29 is 71.9 Å². The fourth-order valence-electron chi connectivity index (χ4n) is 1.80. The number of rotatable bonds is 12. The summed E-state index contributed by atoms with van der Waals surface area (Å²) in [6.45, 7) is 1.38. The minimum Gasteiger partial charge on any atom is -0.461 e. The Bertz CT molecular complexity index is 780. The van der Waals surface area contributed by atoms with Gasteiger partial charge in [-0.3, -0.25) is 4.55 Å². The van der Waals surface area contributed by atoms with Gasteiger partial charge in [-0.25, -0.2) is 9.59 Å². The zero-order valence-corrected chi connectivity index (χ0v) is 16.3. The number of carbonyl (C=O) groups excluding carboxylic acids is 2. The van der Waals surface area contributed by atoms with Crippen LogP contribution in [0.3, 0.4) is 0 Å². The van der Waals surface area contributed by atoms with Crippen LogP contribution in [-0.2, 0) is 33.9 Å². The van der Waals surface area contributed by atoms with Crippen LogP contribution in [0.5, 0.6) is 0 Å². The summed E-state index contributed by atoms with van der Waals surface area (Å²) in [7, 11) is -6.51. The van der Waals surface area contributed by atoms with Crippen LogP contribution in [0, 0.1) is 0 Å². The van der Waals surface area contributed by atoms with E-state index in [9.17, 15) is 53.1 Å². The molecule has 0 rings (SSSR count). The first-order chi connectivity index (χ1) is 13.8. The molecule has 0 fully saturated rings. The van der Waals surface area contributed by atoms with Gasteiger partial charge in [-0.05, 0) is 19.8 Å². The lowest BCUT2D eigenvalue weighted by Crippen LogP contribution is -2.58. The van der Waals surface area contributed by atoms with Crippen LogP contribution in [0.15, 0.2) is 12.4 Å². The third-order valence-corrected chi connectivity index (χ3v) is 4.26. The van der Waals surface area contributed by atoms with E-state index in [0.717, 1.165) is 6.92 Å². The molecule has 31 heavy (non-hydrogen) atoms. The minimum absolute atomic E-state index is 0.689. The molecule has 182 valence electrons. The highest BCUT2D eigenvalue weighted by molar-refractivity contribution is 7.87. The Kier molecular flexibility index (Phi) is 9.42. The van der Waals surface area contributed by atoms with E-state index in [-0.39, 0.29) is 0 Å². The van der Waals surface area contributed by atoms with Crippen LogP contribution in [-0.4, -0.2) is 61.3 Å². The molecule has 0 saturated carbocycles. The zero-order valence-electron chi connectivity index (χ0n) is 15.5. The first kappa shape index (κ1) is 29.0. The SMILES string of the molecule is C=C(F)C(=O)OC(OCCCCC(F)(F)C(F)(F)S(=O)(=O)O)(C(=O)OCC)C(F)(F)F. The van der Waals surface area contributed by atoms with Crippen molar-refractivity contribution in [1.82, 2.24) is 0 Å². The van der Waals surface area contributed by atoms with Gasteiger partial charge in [0.15, 0.2) is 0 Å². The van der Waals surface area contributed by atoms with Gasteiger partial charge in [-0.1, -0.05) is 6.58 Å². The van der Waals surface area contributed by atoms with E-state index < -0.39 is 83.5 Å². The van der Waals surface area contributed by atoms with Crippen molar-refractivity contribution in [3.8, 4) is 0 Å². The molecule has 1 unspecified atom stereocenters. The number of halogens is 8. The number of alkyl halides is 7. The summed E-state index contributed by atoms with van der Waals surface area (Å²) in [5.74, 6) is -16.6. The van der Waals surface area contributed by atoms with Crippen molar-refractivity contribution >= 4 is 22.1 Å². The minimum atomic E-state index is -6.51. The molecule has 0 aromatic carbocycles. The lowest BCUT2D eigenvalue weighted by atomic mass is 10.1. The van der Waals surface area contributed by atoms with Crippen LogP contribution in [0.25, 0.3) is 0 Å². The van der Waals surface area contributed by atoms with Crippen molar-refractivity contribution in [2.24, 2.45) is 0 Å². The Balaban J connectivity index is 5.44. The summed E-state index contributed by atoms with van der Waals surface area (Å²) in [4.78, 5) is 22.9. The Morgan fingerprint density at radius 3 is 1.94 bits per heavy atom. The number of ether oxygens (including phenoxy) is 3.